The Bertz CT molecular complexity index is 1220. The third kappa shape index (κ3) is 5.33. The number of hydrogen-bond acceptors (Lipinski definition) is 5. The first kappa shape index (κ1) is 23.4. The predicted molar refractivity (Wildman–Crippen MR) is 124 cm³/mol. The van der Waals surface area contributed by atoms with Gasteiger partial charge in [-0.1, -0.05) is 35.9 Å². The average molecular weight is 475 g/mol. The van der Waals surface area contributed by atoms with E-state index in [9.17, 15) is 13.2 Å². The molecule has 2 N–H and O–H groups in total. The molecule has 0 aromatic heterocycles. The molecule has 0 bridgehead atoms. The van der Waals surface area contributed by atoms with Gasteiger partial charge in [0.15, 0.2) is 11.5 Å². The number of ether oxygens (including phenoxy) is 2. The van der Waals surface area contributed by atoms with Gasteiger partial charge in [-0.15, -0.1) is 0 Å². The molecule has 0 radical (unpaired) electrons. The van der Waals surface area contributed by atoms with E-state index < -0.39 is 15.9 Å². The van der Waals surface area contributed by atoms with Crippen LogP contribution in [0.2, 0.25) is 5.02 Å². The van der Waals surface area contributed by atoms with Crippen LogP contribution in [0.3, 0.4) is 0 Å². The Labute approximate surface area is 192 Å². The van der Waals surface area contributed by atoms with Crippen LogP contribution in [0.5, 0.6) is 11.5 Å². The number of nitrogens with one attached hydrogen (secondary N) is 2. The predicted octanol–water partition coefficient (Wildman–Crippen LogP) is 4.65. The molecule has 0 aliphatic carbocycles. The van der Waals surface area contributed by atoms with Gasteiger partial charge in [-0.25, -0.2) is 8.42 Å². The van der Waals surface area contributed by atoms with Gasteiger partial charge in [-0.3, -0.25) is 9.52 Å². The van der Waals surface area contributed by atoms with E-state index in [1.165, 1.54) is 37.4 Å². The van der Waals surface area contributed by atoms with Gasteiger partial charge in [0.25, 0.3) is 15.9 Å². The lowest BCUT2D eigenvalue weighted by Gasteiger charge is -2.17. The van der Waals surface area contributed by atoms with Crippen molar-refractivity contribution in [1.29, 1.82) is 0 Å². The lowest BCUT2D eigenvalue weighted by molar-refractivity contribution is 0.0940. The summed E-state index contributed by atoms with van der Waals surface area (Å²) in [5.74, 6) is 0.677. The zero-order valence-corrected chi connectivity index (χ0v) is 19.3. The molecule has 3 aromatic carbocycles. The zero-order valence-electron chi connectivity index (χ0n) is 17.8. The molecular weight excluding hydrogens is 452 g/mol. The number of amides is 1. The van der Waals surface area contributed by atoms with Crippen LogP contribution in [0.1, 0.15) is 28.9 Å². The van der Waals surface area contributed by atoms with Gasteiger partial charge < -0.3 is 14.8 Å². The maximum absolute atomic E-state index is 12.9. The van der Waals surface area contributed by atoms with Crippen molar-refractivity contribution in [2.24, 2.45) is 0 Å². The van der Waals surface area contributed by atoms with Crippen LogP contribution >= 0.6 is 11.6 Å². The van der Waals surface area contributed by atoms with Crippen LogP contribution in [0.4, 0.5) is 5.69 Å². The van der Waals surface area contributed by atoms with E-state index in [4.69, 9.17) is 21.1 Å². The number of hydrogen-bond donors (Lipinski definition) is 2. The normalized spacial score (nSPS) is 12.0. The van der Waals surface area contributed by atoms with Gasteiger partial charge in [0.2, 0.25) is 0 Å². The molecule has 0 aliphatic rings. The van der Waals surface area contributed by atoms with Crippen molar-refractivity contribution in [3.63, 3.8) is 0 Å². The number of rotatable bonds is 8. The maximum Gasteiger partial charge on any atom is 0.261 e. The van der Waals surface area contributed by atoms with Crippen molar-refractivity contribution in [2.75, 3.05) is 18.9 Å². The smallest absolute Gasteiger partial charge is 0.261 e. The summed E-state index contributed by atoms with van der Waals surface area (Å²) in [4.78, 5) is 13.0. The molecule has 7 nitrogen and oxygen atoms in total. The number of carbonyl (C=O) groups is 1. The highest BCUT2D eigenvalue weighted by Gasteiger charge is 2.19. The Hall–Kier alpha value is -3.23. The van der Waals surface area contributed by atoms with Crippen LogP contribution in [-0.4, -0.2) is 28.5 Å². The third-order valence-electron chi connectivity index (χ3n) is 4.77. The zero-order chi connectivity index (χ0) is 23.3. The van der Waals surface area contributed by atoms with E-state index in [0.29, 0.717) is 11.5 Å². The van der Waals surface area contributed by atoms with E-state index in [0.717, 1.165) is 5.56 Å². The second kappa shape index (κ2) is 9.93. The van der Waals surface area contributed by atoms with Crippen LogP contribution in [0.15, 0.2) is 71.6 Å². The summed E-state index contributed by atoms with van der Waals surface area (Å²) >= 11 is 6.22. The Morgan fingerprint density at radius 1 is 0.938 bits per heavy atom. The van der Waals surface area contributed by atoms with Crippen molar-refractivity contribution in [1.82, 2.24) is 5.32 Å². The van der Waals surface area contributed by atoms with E-state index in [1.807, 2.05) is 13.0 Å². The van der Waals surface area contributed by atoms with Crippen molar-refractivity contribution < 1.29 is 22.7 Å². The number of benzene rings is 3. The van der Waals surface area contributed by atoms with Gasteiger partial charge >= 0.3 is 0 Å². The molecule has 0 unspecified atom stereocenters. The molecule has 32 heavy (non-hydrogen) atoms. The first-order valence-electron chi connectivity index (χ1n) is 9.65. The third-order valence-corrected chi connectivity index (χ3v) is 6.50. The molecule has 3 rings (SSSR count). The molecule has 0 aliphatic heterocycles. The molecule has 0 spiro atoms. The average Bonchev–Trinajstić information content (AvgIpc) is 2.80. The molecule has 0 fully saturated rings. The molecule has 1 amide bonds. The summed E-state index contributed by atoms with van der Waals surface area (Å²) in [7, 11) is -0.720. The fourth-order valence-corrected chi connectivity index (χ4v) is 4.33. The molecule has 9 heteroatoms. The number of sulfonamides is 1. The summed E-state index contributed by atoms with van der Waals surface area (Å²) in [6, 6.07) is 17.3. The Morgan fingerprint density at radius 2 is 1.62 bits per heavy atom. The Kier molecular flexibility index (Phi) is 7.27. The highest BCUT2D eigenvalue weighted by Crippen LogP contribution is 2.30. The molecule has 3 aromatic rings. The van der Waals surface area contributed by atoms with Crippen LogP contribution < -0.4 is 19.5 Å². The molecule has 0 saturated heterocycles. The molecule has 1 atom stereocenters. The van der Waals surface area contributed by atoms with Crippen molar-refractivity contribution in [3.05, 3.63) is 82.9 Å². The van der Waals surface area contributed by atoms with E-state index in [2.05, 4.69) is 10.0 Å². The second-order valence-electron chi connectivity index (χ2n) is 6.92. The SMILES string of the molecule is COc1ccc([C@@H](C)NC(=O)c2cc(NS(=O)(=O)c3ccccc3)ccc2Cl)cc1OC. The number of halogens is 1. The van der Waals surface area contributed by atoms with Gasteiger partial charge in [0.1, 0.15) is 0 Å². The number of carbonyl (C=O) groups excluding carboxylic acids is 1. The van der Waals surface area contributed by atoms with Gasteiger partial charge in [-0.05, 0) is 55.0 Å². The summed E-state index contributed by atoms with van der Waals surface area (Å²) < 4.78 is 38.2. The lowest BCUT2D eigenvalue weighted by Crippen LogP contribution is -2.27. The van der Waals surface area contributed by atoms with Crippen LogP contribution in [-0.2, 0) is 10.0 Å². The summed E-state index contributed by atoms with van der Waals surface area (Å²) in [5.41, 5.74) is 1.17. The summed E-state index contributed by atoms with van der Waals surface area (Å²) in [6.45, 7) is 1.81. The van der Waals surface area contributed by atoms with Crippen molar-refractivity contribution in [3.8, 4) is 11.5 Å². The number of anilines is 1. The van der Waals surface area contributed by atoms with Gasteiger partial charge in [-0.2, -0.15) is 0 Å². The van der Waals surface area contributed by atoms with Crippen LogP contribution in [0.25, 0.3) is 0 Å². The minimum absolute atomic E-state index is 0.114. The molecule has 0 heterocycles. The minimum atomic E-state index is -3.80. The fourth-order valence-electron chi connectivity index (χ4n) is 3.06. The minimum Gasteiger partial charge on any atom is -0.493 e. The number of methoxy groups -OCH3 is 2. The van der Waals surface area contributed by atoms with Gasteiger partial charge in [0.05, 0.1) is 35.7 Å². The second-order valence-corrected chi connectivity index (χ2v) is 9.01. The van der Waals surface area contributed by atoms with Gasteiger partial charge in [0, 0.05) is 5.69 Å². The highest BCUT2D eigenvalue weighted by molar-refractivity contribution is 7.92. The standard InChI is InChI=1S/C23H23ClN2O5S/c1-15(16-9-12-21(30-2)22(13-16)31-3)25-23(27)19-14-17(10-11-20(19)24)26-32(28,29)18-7-5-4-6-8-18/h4-15,26H,1-3H3,(H,25,27)/t15-/m1/s1. The van der Waals surface area contributed by atoms with E-state index in [1.54, 1.807) is 37.4 Å². The Morgan fingerprint density at radius 3 is 2.28 bits per heavy atom. The fraction of sp³-hybridized carbons (Fsp3) is 0.174. The summed E-state index contributed by atoms with van der Waals surface area (Å²) in [6.07, 6.45) is 0. The molecule has 168 valence electrons. The van der Waals surface area contributed by atoms with Crippen LogP contribution in [0, 0.1) is 0 Å². The highest BCUT2D eigenvalue weighted by atomic mass is 35.5. The summed E-state index contributed by atoms with van der Waals surface area (Å²) in [5, 5.41) is 3.07. The topological polar surface area (TPSA) is 93.7 Å². The quantitative estimate of drug-likeness (QED) is 0.495. The largest absolute Gasteiger partial charge is 0.493 e. The molecule has 0 saturated carbocycles. The molecular formula is C23H23ClN2O5S. The first-order chi connectivity index (χ1) is 15.2. The van der Waals surface area contributed by atoms with E-state index >= 15 is 0 Å². The monoisotopic (exact) mass is 474 g/mol. The first-order valence-corrected chi connectivity index (χ1v) is 11.5. The van der Waals surface area contributed by atoms with Crippen molar-refractivity contribution >= 4 is 33.2 Å². The van der Waals surface area contributed by atoms with E-state index in [-0.39, 0.29) is 27.2 Å². The Balaban J connectivity index is 1.80. The maximum atomic E-state index is 12.9. The lowest BCUT2D eigenvalue weighted by atomic mass is 10.1. The van der Waals surface area contributed by atoms with Crippen molar-refractivity contribution in [2.45, 2.75) is 17.9 Å².